The molecule has 1 fully saturated rings. The molecule has 0 radical (unpaired) electrons. The number of ether oxygens (including phenoxy) is 2. The van der Waals surface area contributed by atoms with Crippen molar-refractivity contribution >= 4 is 5.91 Å². The first-order valence-electron chi connectivity index (χ1n) is 9.35. The van der Waals surface area contributed by atoms with Crippen molar-refractivity contribution < 1.29 is 14.3 Å². The van der Waals surface area contributed by atoms with Gasteiger partial charge < -0.3 is 19.7 Å². The van der Waals surface area contributed by atoms with Crippen LogP contribution in [-0.4, -0.2) is 58.6 Å². The van der Waals surface area contributed by atoms with E-state index in [9.17, 15) is 4.79 Å². The summed E-state index contributed by atoms with van der Waals surface area (Å²) >= 11 is 0. The second-order valence-electron chi connectivity index (χ2n) is 7.05. The van der Waals surface area contributed by atoms with E-state index < -0.39 is 0 Å². The predicted octanol–water partition coefficient (Wildman–Crippen LogP) is 1.14. The zero-order chi connectivity index (χ0) is 18.6. The van der Waals surface area contributed by atoms with Crippen molar-refractivity contribution in [2.24, 2.45) is 0 Å². The van der Waals surface area contributed by atoms with Crippen LogP contribution in [0.5, 0.6) is 5.75 Å². The van der Waals surface area contributed by atoms with E-state index in [1.54, 1.807) is 13.3 Å². The number of benzene rings is 1. The number of piperidine rings is 1. The number of carbonyl (C=O) groups is 1. The number of fused-ring (bicyclic) bond motifs is 3. The highest BCUT2D eigenvalue weighted by Gasteiger charge is 2.36. The Bertz CT molecular complexity index is 776. The number of hydrogen-bond donors (Lipinski definition) is 1. The highest BCUT2D eigenvalue weighted by atomic mass is 16.5. The van der Waals surface area contributed by atoms with Gasteiger partial charge in [-0.05, 0) is 24.1 Å². The standard InChI is InChI=1S/C19H25N5O3/c1-26-16-4-2-14(3-5-16)10-20-19(25)7-9-23-8-6-17-18(12-23)27-13-15-11-21-22-24(15)17/h2-5,11,17-18H,6-10,12-13H2,1H3,(H,20,25)/t17-,18-/m0/s1. The number of amides is 1. The lowest BCUT2D eigenvalue weighted by Gasteiger charge is -2.40. The number of rotatable bonds is 6. The first-order valence-corrected chi connectivity index (χ1v) is 9.35. The van der Waals surface area contributed by atoms with E-state index in [1.165, 1.54) is 0 Å². The summed E-state index contributed by atoms with van der Waals surface area (Å²) in [5.41, 5.74) is 2.10. The summed E-state index contributed by atoms with van der Waals surface area (Å²) < 4.78 is 13.1. The van der Waals surface area contributed by atoms with Crippen LogP contribution < -0.4 is 10.1 Å². The molecule has 1 aromatic carbocycles. The lowest BCUT2D eigenvalue weighted by Crippen LogP contribution is -2.49. The van der Waals surface area contributed by atoms with Crippen LogP contribution in [0.1, 0.15) is 30.1 Å². The number of likely N-dealkylation sites (tertiary alicyclic amines) is 1. The van der Waals surface area contributed by atoms with Crippen molar-refractivity contribution in [3.63, 3.8) is 0 Å². The molecule has 0 unspecified atom stereocenters. The second-order valence-corrected chi connectivity index (χ2v) is 7.05. The Morgan fingerprint density at radius 1 is 1.37 bits per heavy atom. The van der Waals surface area contributed by atoms with Gasteiger partial charge in [-0.15, -0.1) is 5.10 Å². The predicted molar refractivity (Wildman–Crippen MR) is 98.2 cm³/mol. The molecule has 0 aliphatic carbocycles. The molecular formula is C19H25N5O3. The number of aromatic nitrogens is 3. The van der Waals surface area contributed by atoms with Crippen molar-refractivity contribution in [3.8, 4) is 5.75 Å². The quantitative estimate of drug-likeness (QED) is 0.820. The lowest BCUT2D eigenvalue weighted by molar-refractivity contribution is -0.122. The average molecular weight is 371 g/mol. The fourth-order valence-electron chi connectivity index (χ4n) is 3.75. The maximum absolute atomic E-state index is 12.2. The number of carbonyl (C=O) groups excluding carboxylic acids is 1. The van der Waals surface area contributed by atoms with E-state index in [0.717, 1.165) is 43.1 Å². The molecule has 144 valence electrons. The van der Waals surface area contributed by atoms with Crippen molar-refractivity contribution in [1.29, 1.82) is 0 Å². The van der Waals surface area contributed by atoms with E-state index in [1.807, 2.05) is 28.9 Å². The number of nitrogens with one attached hydrogen (secondary N) is 1. The summed E-state index contributed by atoms with van der Waals surface area (Å²) in [6, 6.07) is 7.98. The van der Waals surface area contributed by atoms with Gasteiger partial charge in [0.1, 0.15) is 5.75 Å². The van der Waals surface area contributed by atoms with Gasteiger partial charge in [-0.25, -0.2) is 4.68 Å². The third kappa shape index (κ3) is 4.12. The first-order chi connectivity index (χ1) is 13.2. The maximum Gasteiger partial charge on any atom is 0.221 e. The van der Waals surface area contributed by atoms with E-state index in [2.05, 4.69) is 20.5 Å². The molecule has 27 heavy (non-hydrogen) atoms. The van der Waals surface area contributed by atoms with Gasteiger partial charge in [-0.1, -0.05) is 17.3 Å². The molecule has 8 heteroatoms. The molecule has 8 nitrogen and oxygen atoms in total. The third-order valence-corrected chi connectivity index (χ3v) is 5.32. The summed E-state index contributed by atoms with van der Waals surface area (Å²) in [5.74, 6) is 0.882. The van der Waals surface area contributed by atoms with Crippen LogP contribution in [0.25, 0.3) is 0 Å². The molecule has 2 aliphatic rings. The molecule has 0 spiro atoms. The Kier molecular flexibility index (Phi) is 5.35. The van der Waals surface area contributed by atoms with Gasteiger partial charge >= 0.3 is 0 Å². The summed E-state index contributed by atoms with van der Waals surface area (Å²) in [6.07, 6.45) is 3.35. The second kappa shape index (κ2) is 8.06. The number of methoxy groups -OCH3 is 1. The van der Waals surface area contributed by atoms with E-state index in [0.29, 0.717) is 19.6 Å². The Hall–Kier alpha value is -2.45. The van der Waals surface area contributed by atoms with Gasteiger partial charge in [-0.3, -0.25) is 4.79 Å². The van der Waals surface area contributed by atoms with Crippen LogP contribution in [-0.2, 0) is 22.7 Å². The molecule has 4 rings (SSSR count). The Balaban J connectivity index is 1.21. The molecule has 0 saturated carbocycles. The fourth-order valence-corrected chi connectivity index (χ4v) is 3.75. The topological polar surface area (TPSA) is 81.5 Å². The van der Waals surface area contributed by atoms with Crippen LogP contribution >= 0.6 is 0 Å². The Morgan fingerprint density at radius 2 is 2.22 bits per heavy atom. The zero-order valence-electron chi connectivity index (χ0n) is 15.5. The monoisotopic (exact) mass is 371 g/mol. The normalized spacial score (nSPS) is 22.0. The number of nitrogens with zero attached hydrogens (tertiary/aromatic N) is 4. The van der Waals surface area contributed by atoms with Gasteiger partial charge in [0.25, 0.3) is 0 Å². The third-order valence-electron chi connectivity index (χ3n) is 5.32. The van der Waals surface area contributed by atoms with E-state index >= 15 is 0 Å². The molecule has 3 heterocycles. The highest BCUT2D eigenvalue weighted by molar-refractivity contribution is 5.76. The Morgan fingerprint density at radius 3 is 3.04 bits per heavy atom. The smallest absolute Gasteiger partial charge is 0.221 e. The lowest BCUT2D eigenvalue weighted by atomic mass is 10.00. The minimum atomic E-state index is 0.0658. The molecule has 2 atom stereocenters. The molecule has 2 aliphatic heterocycles. The van der Waals surface area contributed by atoms with Crippen molar-refractivity contribution in [3.05, 3.63) is 41.7 Å². The molecule has 2 aromatic rings. The molecule has 1 amide bonds. The average Bonchev–Trinajstić information content (AvgIpc) is 3.20. The van der Waals surface area contributed by atoms with Gasteiger partial charge in [-0.2, -0.15) is 0 Å². The molecule has 1 saturated heterocycles. The Labute approximate surface area is 158 Å². The van der Waals surface area contributed by atoms with Gasteiger partial charge in [0.2, 0.25) is 5.91 Å². The summed E-state index contributed by atoms with van der Waals surface area (Å²) in [4.78, 5) is 14.5. The zero-order valence-corrected chi connectivity index (χ0v) is 15.5. The minimum absolute atomic E-state index is 0.0658. The first kappa shape index (κ1) is 17.9. The van der Waals surface area contributed by atoms with Gasteiger partial charge in [0, 0.05) is 32.6 Å². The summed E-state index contributed by atoms with van der Waals surface area (Å²) in [7, 11) is 1.64. The summed E-state index contributed by atoms with van der Waals surface area (Å²) in [6.45, 7) is 3.60. The summed E-state index contributed by atoms with van der Waals surface area (Å²) in [5, 5.41) is 11.2. The van der Waals surface area contributed by atoms with Crippen LogP contribution in [0.2, 0.25) is 0 Å². The van der Waals surface area contributed by atoms with Crippen molar-refractivity contribution in [2.45, 2.75) is 38.1 Å². The molecular weight excluding hydrogens is 346 g/mol. The highest BCUT2D eigenvalue weighted by Crippen LogP contribution is 2.30. The fraction of sp³-hybridized carbons (Fsp3) is 0.526. The van der Waals surface area contributed by atoms with Crippen molar-refractivity contribution in [1.82, 2.24) is 25.2 Å². The van der Waals surface area contributed by atoms with Gasteiger partial charge in [0.15, 0.2) is 0 Å². The maximum atomic E-state index is 12.2. The minimum Gasteiger partial charge on any atom is -0.497 e. The van der Waals surface area contributed by atoms with E-state index in [4.69, 9.17) is 9.47 Å². The van der Waals surface area contributed by atoms with Crippen LogP contribution in [0.15, 0.2) is 30.5 Å². The van der Waals surface area contributed by atoms with Gasteiger partial charge in [0.05, 0.1) is 37.8 Å². The van der Waals surface area contributed by atoms with Crippen LogP contribution in [0, 0.1) is 0 Å². The molecule has 1 aromatic heterocycles. The SMILES string of the molecule is COc1ccc(CNC(=O)CCN2CC[C@H]3[C@H](C2)OCc2cnnn23)cc1. The molecule has 0 bridgehead atoms. The van der Waals surface area contributed by atoms with Crippen LogP contribution in [0.4, 0.5) is 0 Å². The van der Waals surface area contributed by atoms with Crippen LogP contribution in [0.3, 0.4) is 0 Å². The van der Waals surface area contributed by atoms with Crippen molar-refractivity contribution in [2.75, 3.05) is 26.7 Å². The largest absolute Gasteiger partial charge is 0.497 e. The van der Waals surface area contributed by atoms with E-state index in [-0.39, 0.29) is 18.1 Å². The number of hydrogen-bond acceptors (Lipinski definition) is 6. The molecule has 1 N–H and O–H groups in total.